The van der Waals surface area contributed by atoms with E-state index in [1.165, 1.54) is 12.6 Å². The Balaban J connectivity index is 2.23. The van der Waals surface area contributed by atoms with Crippen LogP contribution in [0.1, 0.15) is 42.9 Å². The average Bonchev–Trinajstić information content (AvgIpc) is 2.71. The molecule has 128 valence electrons. The van der Waals surface area contributed by atoms with E-state index in [1.54, 1.807) is 0 Å². The van der Waals surface area contributed by atoms with Gasteiger partial charge in [-0.1, -0.05) is 42.7 Å². The maximum Gasteiger partial charge on any atom is 0.238 e. The summed E-state index contributed by atoms with van der Waals surface area (Å²) in [5.74, 6) is -0.119. The van der Waals surface area contributed by atoms with Gasteiger partial charge in [0.2, 0.25) is 15.9 Å². The van der Waals surface area contributed by atoms with Crippen LogP contribution in [0.2, 0.25) is 0 Å². The highest BCUT2D eigenvalue weighted by atomic mass is 32.2. The van der Waals surface area contributed by atoms with E-state index >= 15 is 0 Å². The summed E-state index contributed by atoms with van der Waals surface area (Å²) < 4.78 is 24.3. The van der Waals surface area contributed by atoms with Crippen molar-refractivity contribution in [2.75, 3.05) is 26.4 Å². The topological polar surface area (TPSA) is 57.7 Å². The molecule has 0 spiro atoms. The van der Waals surface area contributed by atoms with E-state index in [4.69, 9.17) is 0 Å². The van der Waals surface area contributed by atoms with E-state index in [0.717, 1.165) is 41.8 Å². The molecule has 0 bridgehead atoms. The largest absolute Gasteiger partial charge is 0.335 e. The first-order chi connectivity index (χ1) is 10.8. The molecule has 1 saturated heterocycles. The zero-order valence-corrected chi connectivity index (χ0v) is 15.0. The van der Waals surface area contributed by atoms with Gasteiger partial charge in [-0.05, 0) is 25.3 Å². The molecule has 0 saturated carbocycles. The molecule has 1 heterocycles. The predicted octanol–water partition coefficient (Wildman–Crippen LogP) is 2.33. The van der Waals surface area contributed by atoms with E-state index in [1.807, 2.05) is 24.0 Å². The SMILES string of the molecule is Cc1cccc(C2CCCCCN2C(=O)CN(C)S(C)(=O)=O)c1. The highest BCUT2D eigenvalue weighted by Gasteiger charge is 2.28. The maximum atomic E-state index is 12.7. The zero-order valence-electron chi connectivity index (χ0n) is 14.2. The Kier molecular flexibility index (Phi) is 5.81. The lowest BCUT2D eigenvalue weighted by atomic mass is 9.99. The summed E-state index contributed by atoms with van der Waals surface area (Å²) in [4.78, 5) is 14.6. The van der Waals surface area contributed by atoms with E-state index < -0.39 is 10.0 Å². The van der Waals surface area contributed by atoms with Gasteiger partial charge in [-0.15, -0.1) is 0 Å². The summed E-state index contributed by atoms with van der Waals surface area (Å²) in [6.07, 6.45) is 5.22. The van der Waals surface area contributed by atoms with Gasteiger partial charge in [0.1, 0.15) is 0 Å². The van der Waals surface area contributed by atoms with Crippen LogP contribution in [0.5, 0.6) is 0 Å². The second-order valence-corrected chi connectivity index (χ2v) is 8.47. The van der Waals surface area contributed by atoms with Crippen LogP contribution in [-0.2, 0) is 14.8 Å². The number of likely N-dealkylation sites (N-methyl/N-ethyl adjacent to an activating group) is 1. The van der Waals surface area contributed by atoms with Crippen molar-refractivity contribution in [2.45, 2.75) is 38.6 Å². The second kappa shape index (κ2) is 7.45. The number of carbonyl (C=O) groups excluding carboxylic acids is 1. The molecular weight excluding hydrogens is 312 g/mol. The Hall–Kier alpha value is -1.40. The van der Waals surface area contributed by atoms with E-state index in [2.05, 4.69) is 12.1 Å². The molecule has 1 fully saturated rings. The Morgan fingerprint density at radius 3 is 2.70 bits per heavy atom. The molecule has 5 nitrogen and oxygen atoms in total. The number of benzene rings is 1. The van der Waals surface area contributed by atoms with Gasteiger partial charge in [-0.2, -0.15) is 4.31 Å². The van der Waals surface area contributed by atoms with Gasteiger partial charge in [0.15, 0.2) is 0 Å². The zero-order chi connectivity index (χ0) is 17.0. The lowest BCUT2D eigenvalue weighted by Crippen LogP contribution is -2.42. The Bertz CT molecular complexity index is 658. The summed E-state index contributed by atoms with van der Waals surface area (Å²) in [6.45, 7) is 2.64. The van der Waals surface area contributed by atoms with Crippen LogP contribution in [0.3, 0.4) is 0 Å². The fourth-order valence-corrected chi connectivity index (χ4v) is 3.37. The van der Waals surface area contributed by atoms with E-state index in [0.29, 0.717) is 6.54 Å². The molecule has 1 atom stereocenters. The van der Waals surface area contributed by atoms with Crippen molar-refractivity contribution in [3.05, 3.63) is 35.4 Å². The normalized spacial score (nSPS) is 19.7. The van der Waals surface area contributed by atoms with Crippen LogP contribution in [0, 0.1) is 6.92 Å². The highest BCUT2D eigenvalue weighted by Crippen LogP contribution is 2.30. The lowest BCUT2D eigenvalue weighted by Gasteiger charge is -2.32. The second-order valence-electron chi connectivity index (χ2n) is 6.39. The molecule has 6 heteroatoms. The molecule has 0 aliphatic carbocycles. The van der Waals surface area contributed by atoms with Crippen LogP contribution >= 0.6 is 0 Å². The van der Waals surface area contributed by atoms with Gasteiger partial charge in [0, 0.05) is 13.6 Å². The van der Waals surface area contributed by atoms with Crippen molar-refractivity contribution in [3.8, 4) is 0 Å². The van der Waals surface area contributed by atoms with E-state index in [9.17, 15) is 13.2 Å². The van der Waals surface area contributed by atoms with Crippen LogP contribution in [0.25, 0.3) is 0 Å². The van der Waals surface area contributed by atoms with Gasteiger partial charge >= 0.3 is 0 Å². The minimum atomic E-state index is -3.35. The average molecular weight is 338 g/mol. The van der Waals surface area contributed by atoms with Crippen LogP contribution in [-0.4, -0.2) is 49.9 Å². The lowest BCUT2D eigenvalue weighted by molar-refractivity contribution is -0.133. The van der Waals surface area contributed by atoms with Crippen molar-refractivity contribution in [2.24, 2.45) is 0 Å². The van der Waals surface area contributed by atoms with Gasteiger partial charge in [-0.25, -0.2) is 8.42 Å². The fraction of sp³-hybridized carbons (Fsp3) is 0.588. The van der Waals surface area contributed by atoms with Crippen molar-refractivity contribution >= 4 is 15.9 Å². The van der Waals surface area contributed by atoms with E-state index in [-0.39, 0.29) is 18.5 Å². The molecule has 1 amide bonds. The molecular formula is C17H26N2O3S. The number of hydrogen-bond donors (Lipinski definition) is 0. The van der Waals surface area contributed by atoms with Gasteiger partial charge < -0.3 is 4.90 Å². The van der Waals surface area contributed by atoms with Crippen molar-refractivity contribution in [1.29, 1.82) is 0 Å². The van der Waals surface area contributed by atoms with Gasteiger partial charge in [0.25, 0.3) is 0 Å². The third kappa shape index (κ3) is 4.78. The highest BCUT2D eigenvalue weighted by molar-refractivity contribution is 7.88. The molecule has 1 unspecified atom stereocenters. The molecule has 1 aliphatic rings. The Morgan fingerprint density at radius 1 is 1.30 bits per heavy atom. The molecule has 1 aromatic rings. The number of amides is 1. The summed E-state index contributed by atoms with van der Waals surface area (Å²) in [5.41, 5.74) is 2.31. The minimum absolute atomic E-state index is 0.0397. The summed E-state index contributed by atoms with van der Waals surface area (Å²) >= 11 is 0. The first-order valence-electron chi connectivity index (χ1n) is 8.06. The fourth-order valence-electron chi connectivity index (χ4n) is 3.03. The van der Waals surface area contributed by atoms with Gasteiger partial charge in [0.05, 0.1) is 18.8 Å². The molecule has 2 rings (SSSR count). The van der Waals surface area contributed by atoms with Crippen molar-refractivity contribution in [3.63, 3.8) is 0 Å². The number of hydrogen-bond acceptors (Lipinski definition) is 3. The molecule has 1 aromatic carbocycles. The Labute approximate surface area is 139 Å². The standard InChI is InChI=1S/C17H26N2O3S/c1-14-8-7-9-15(12-14)16-10-5-4-6-11-19(16)17(20)13-18(2)23(3,21)22/h7-9,12,16H,4-6,10-11,13H2,1-3H3. The first kappa shape index (κ1) is 17.9. The maximum absolute atomic E-state index is 12.7. The minimum Gasteiger partial charge on any atom is -0.335 e. The van der Waals surface area contributed by atoms with Crippen LogP contribution in [0.15, 0.2) is 24.3 Å². The molecule has 0 N–H and O–H groups in total. The van der Waals surface area contributed by atoms with Crippen molar-refractivity contribution < 1.29 is 13.2 Å². The number of sulfonamides is 1. The first-order valence-corrected chi connectivity index (χ1v) is 9.91. The van der Waals surface area contributed by atoms with Crippen LogP contribution < -0.4 is 0 Å². The summed E-state index contributed by atoms with van der Waals surface area (Å²) in [7, 11) is -1.90. The number of rotatable bonds is 4. The smallest absolute Gasteiger partial charge is 0.238 e. The van der Waals surface area contributed by atoms with Crippen LogP contribution in [0.4, 0.5) is 0 Å². The number of likely N-dealkylation sites (tertiary alicyclic amines) is 1. The molecule has 1 aliphatic heterocycles. The Morgan fingerprint density at radius 2 is 2.04 bits per heavy atom. The summed E-state index contributed by atoms with van der Waals surface area (Å²) in [5, 5.41) is 0. The number of carbonyl (C=O) groups is 1. The van der Waals surface area contributed by atoms with Crippen molar-refractivity contribution in [1.82, 2.24) is 9.21 Å². The number of aryl methyl sites for hydroxylation is 1. The molecule has 0 aromatic heterocycles. The predicted molar refractivity (Wildman–Crippen MR) is 91.6 cm³/mol. The quantitative estimate of drug-likeness (QED) is 0.846. The number of nitrogens with zero attached hydrogens (tertiary/aromatic N) is 2. The molecule has 0 radical (unpaired) electrons. The third-order valence-electron chi connectivity index (χ3n) is 4.42. The molecule has 23 heavy (non-hydrogen) atoms. The summed E-state index contributed by atoms with van der Waals surface area (Å²) in [6, 6.07) is 8.28. The third-order valence-corrected chi connectivity index (χ3v) is 5.69. The van der Waals surface area contributed by atoms with Gasteiger partial charge in [-0.3, -0.25) is 4.79 Å². The monoisotopic (exact) mass is 338 g/mol.